The van der Waals surface area contributed by atoms with Crippen molar-refractivity contribution in [2.75, 3.05) is 20.1 Å². The van der Waals surface area contributed by atoms with E-state index in [0.717, 1.165) is 12.0 Å². The summed E-state index contributed by atoms with van der Waals surface area (Å²) in [6, 6.07) is -0.0232. The number of hydrogen-bond acceptors (Lipinski definition) is 4. The van der Waals surface area contributed by atoms with E-state index >= 15 is 0 Å². The minimum absolute atomic E-state index is 0.00121. The van der Waals surface area contributed by atoms with Crippen molar-refractivity contribution in [3.8, 4) is 0 Å². The second-order valence-electron chi connectivity index (χ2n) is 4.83. The van der Waals surface area contributed by atoms with Gasteiger partial charge in [-0.15, -0.1) is 0 Å². The molecule has 0 saturated heterocycles. The molecule has 1 amide bonds. The van der Waals surface area contributed by atoms with E-state index < -0.39 is 0 Å². The van der Waals surface area contributed by atoms with Crippen LogP contribution in [-0.4, -0.2) is 46.8 Å². The van der Waals surface area contributed by atoms with Gasteiger partial charge in [-0.3, -0.25) is 14.4 Å². The van der Waals surface area contributed by atoms with Crippen LogP contribution < -0.4 is 11.1 Å². The maximum atomic E-state index is 11.7. The van der Waals surface area contributed by atoms with Gasteiger partial charge in [0, 0.05) is 31.4 Å². The summed E-state index contributed by atoms with van der Waals surface area (Å²) in [6.45, 7) is 4.94. The molecule has 108 valence electrons. The second-order valence-corrected chi connectivity index (χ2v) is 4.83. The fraction of sp³-hybridized carbons (Fsp3) is 0.692. The van der Waals surface area contributed by atoms with Gasteiger partial charge in [0.15, 0.2) is 0 Å². The van der Waals surface area contributed by atoms with Gasteiger partial charge >= 0.3 is 0 Å². The molecule has 0 radical (unpaired) electrons. The molecule has 1 rings (SSSR count). The highest BCUT2D eigenvalue weighted by atomic mass is 16.2. The normalized spacial score (nSPS) is 14.4. The van der Waals surface area contributed by atoms with Crippen LogP contribution in [0.5, 0.6) is 0 Å². The van der Waals surface area contributed by atoms with Crippen molar-refractivity contribution < 1.29 is 4.79 Å². The summed E-state index contributed by atoms with van der Waals surface area (Å²) in [5, 5.41) is 6.99. The van der Waals surface area contributed by atoms with Gasteiger partial charge in [-0.1, -0.05) is 6.92 Å². The first-order valence-corrected chi connectivity index (χ1v) is 6.70. The summed E-state index contributed by atoms with van der Waals surface area (Å²) in [5.74, 6) is 0.0159. The average Bonchev–Trinajstić information content (AvgIpc) is 2.75. The molecule has 6 nitrogen and oxygen atoms in total. The molecule has 0 aliphatic carbocycles. The summed E-state index contributed by atoms with van der Waals surface area (Å²) in [4.78, 5) is 13.7. The number of aryl methyl sites for hydroxylation is 1. The SMILES string of the molecule is CCNC(=O)CN(C)C(c1cnn(C)c1)C(N)CC. The standard InChI is InChI=1S/C13H25N5O/c1-5-11(14)13(10-7-16-18(4)8-10)17(3)9-12(19)15-6-2/h7-8,11,13H,5-6,9,14H2,1-4H3,(H,15,19). The molecular formula is C13H25N5O. The molecule has 0 aliphatic heterocycles. The van der Waals surface area contributed by atoms with Crippen LogP contribution in [0.2, 0.25) is 0 Å². The third-order valence-electron chi connectivity index (χ3n) is 3.19. The van der Waals surface area contributed by atoms with Crippen molar-refractivity contribution >= 4 is 5.91 Å². The Morgan fingerprint density at radius 3 is 2.74 bits per heavy atom. The Balaban J connectivity index is 2.82. The number of nitrogens with one attached hydrogen (secondary N) is 1. The third-order valence-corrected chi connectivity index (χ3v) is 3.19. The highest BCUT2D eigenvalue weighted by molar-refractivity contribution is 5.77. The van der Waals surface area contributed by atoms with Gasteiger partial charge in [0.05, 0.1) is 18.8 Å². The highest BCUT2D eigenvalue weighted by Gasteiger charge is 2.25. The fourth-order valence-corrected chi connectivity index (χ4v) is 2.22. The van der Waals surface area contributed by atoms with Crippen LogP contribution in [0.4, 0.5) is 0 Å². The lowest BCUT2D eigenvalue weighted by atomic mass is 9.99. The molecule has 1 heterocycles. The Kier molecular flexibility index (Phi) is 5.98. The first kappa shape index (κ1) is 15.7. The van der Waals surface area contributed by atoms with Crippen molar-refractivity contribution in [2.24, 2.45) is 12.8 Å². The number of amides is 1. The van der Waals surface area contributed by atoms with E-state index in [1.807, 2.05) is 45.2 Å². The number of carbonyl (C=O) groups is 1. The second kappa shape index (κ2) is 7.25. The molecule has 0 aromatic carbocycles. The summed E-state index contributed by atoms with van der Waals surface area (Å²) < 4.78 is 1.75. The zero-order chi connectivity index (χ0) is 14.4. The van der Waals surface area contributed by atoms with Gasteiger partial charge in [0.25, 0.3) is 0 Å². The molecule has 6 heteroatoms. The molecule has 0 spiro atoms. The highest BCUT2D eigenvalue weighted by Crippen LogP contribution is 2.23. The van der Waals surface area contributed by atoms with Crippen LogP contribution in [0.1, 0.15) is 31.9 Å². The van der Waals surface area contributed by atoms with Gasteiger partial charge in [0.2, 0.25) is 5.91 Å². The van der Waals surface area contributed by atoms with Crippen molar-refractivity contribution in [3.05, 3.63) is 18.0 Å². The topological polar surface area (TPSA) is 76.2 Å². The van der Waals surface area contributed by atoms with Crippen LogP contribution in [0.3, 0.4) is 0 Å². The minimum Gasteiger partial charge on any atom is -0.355 e. The predicted octanol–water partition coefficient (Wildman–Crippen LogP) is 0.266. The molecule has 0 aliphatic rings. The maximum Gasteiger partial charge on any atom is 0.234 e. The van der Waals surface area contributed by atoms with E-state index in [9.17, 15) is 4.79 Å². The number of aromatic nitrogens is 2. The van der Waals surface area contributed by atoms with Crippen LogP contribution in [0, 0.1) is 0 Å². The molecule has 19 heavy (non-hydrogen) atoms. The van der Waals surface area contributed by atoms with Gasteiger partial charge in [-0.2, -0.15) is 5.10 Å². The minimum atomic E-state index is -0.0244. The van der Waals surface area contributed by atoms with Crippen LogP contribution in [-0.2, 0) is 11.8 Å². The van der Waals surface area contributed by atoms with E-state index in [1.165, 1.54) is 0 Å². The number of likely N-dealkylation sites (N-methyl/N-ethyl adjacent to an activating group) is 2. The Morgan fingerprint density at radius 1 is 1.58 bits per heavy atom. The zero-order valence-electron chi connectivity index (χ0n) is 12.3. The molecule has 0 fully saturated rings. The van der Waals surface area contributed by atoms with Crippen LogP contribution in [0.15, 0.2) is 12.4 Å². The Morgan fingerprint density at radius 2 is 2.26 bits per heavy atom. The molecule has 1 aromatic heterocycles. The van der Waals surface area contributed by atoms with E-state index in [4.69, 9.17) is 5.73 Å². The third kappa shape index (κ3) is 4.33. The number of nitrogens with two attached hydrogens (primary N) is 1. The summed E-state index contributed by atoms with van der Waals surface area (Å²) >= 11 is 0. The first-order valence-electron chi connectivity index (χ1n) is 6.70. The average molecular weight is 267 g/mol. The van der Waals surface area contributed by atoms with Gasteiger partial charge in [0.1, 0.15) is 0 Å². The largest absolute Gasteiger partial charge is 0.355 e. The molecule has 2 unspecified atom stereocenters. The summed E-state index contributed by atoms with van der Waals surface area (Å²) in [7, 11) is 3.80. The van der Waals surface area contributed by atoms with E-state index in [2.05, 4.69) is 10.4 Å². The van der Waals surface area contributed by atoms with Crippen molar-refractivity contribution in [3.63, 3.8) is 0 Å². The fourth-order valence-electron chi connectivity index (χ4n) is 2.22. The Labute approximate surface area is 114 Å². The van der Waals surface area contributed by atoms with Crippen molar-refractivity contribution in [1.29, 1.82) is 0 Å². The summed E-state index contributed by atoms with van der Waals surface area (Å²) in [6.07, 6.45) is 4.61. The molecule has 2 atom stereocenters. The number of rotatable bonds is 7. The number of nitrogens with zero attached hydrogens (tertiary/aromatic N) is 3. The van der Waals surface area contributed by atoms with Gasteiger partial charge < -0.3 is 11.1 Å². The van der Waals surface area contributed by atoms with Gasteiger partial charge in [-0.25, -0.2) is 0 Å². The lowest BCUT2D eigenvalue weighted by molar-refractivity contribution is -0.122. The van der Waals surface area contributed by atoms with Crippen molar-refractivity contribution in [1.82, 2.24) is 20.0 Å². The zero-order valence-corrected chi connectivity index (χ0v) is 12.3. The lowest BCUT2D eigenvalue weighted by Crippen LogP contribution is -2.43. The van der Waals surface area contributed by atoms with Crippen LogP contribution >= 0.6 is 0 Å². The quantitative estimate of drug-likeness (QED) is 0.743. The molecule has 3 N–H and O–H groups in total. The molecule has 0 saturated carbocycles. The van der Waals surface area contributed by atoms with Crippen LogP contribution in [0.25, 0.3) is 0 Å². The Hall–Kier alpha value is -1.40. The van der Waals surface area contributed by atoms with Gasteiger partial charge in [-0.05, 0) is 20.4 Å². The molecule has 0 bridgehead atoms. The smallest absolute Gasteiger partial charge is 0.234 e. The summed E-state index contributed by atoms with van der Waals surface area (Å²) in [5.41, 5.74) is 7.24. The van der Waals surface area contributed by atoms with E-state index in [-0.39, 0.29) is 18.0 Å². The Bertz CT molecular complexity index is 403. The predicted molar refractivity (Wildman–Crippen MR) is 75.5 cm³/mol. The first-order chi connectivity index (χ1) is 8.99. The van der Waals surface area contributed by atoms with E-state index in [0.29, 0.717) is 13.1 Å². The number of carbonyl (C=O) groups excluding carboxylic acids is 1. The number of hydrogen-bond donors (Lipinski definition) is 2. The van der Waals surface area contributed by atoms with Crippen molar-refractivity contribution in [2.45, 2.75) is 32.4 Å². The molecule has 1 aromatic rings. The molecular weight excluding hydrogens is 242 g/mol. The monoisotopic (exact) mass is 267 g/mol. The lowest BCUT2D eigenvalue weighted by Gasteiger charge is -2.31. The maximum absolute atomic E-state index is 11.7. The van der Waals surface area contributed by atoms with E-state index in [1.54, 1.807) is 4.68 Å².